The molecule has 0 spiro atoms. The first-order valence-corrected chi connectivity index (χ1v) is 7.47. The fourth-order valence-corrected chi connectivity index (χ4v) is 2.89. The van der Waals surface area contributed by atoms with Crippen molar-refractivity contribution < 1.29 is 13.2 Å². The highest BCUT2D eigenvalue weighted by atomic mass is 32.2. The zero-order valence-electron chi connectivity index (χ0n) is 10.4. The number of hydrogen-bond acceptors (Lipinski definition) is 6. The number of alkyl halides is 3. The van der Waals surface area contributed by atoms with Gasteiger partial charge in [0.2, 0.25) is 0 Å². The van der Waals surface area contributed by atoms with Gasteiger partial charge in [-0.1, -0.05) is 16.3 Å². The molecule has 0 amide bonds. The summed E-state index contributed by atoms with van der Waals surface area (Å²) in [6.45, 7) is 2.73. The van der Waals surface area contributed by atoms with Gasteiger partial charge in [-0.3, -0.25) is 0 Å². The van der Waals surface area contributed by atoms with Gasteiger partial charge in [0.15, 0.2) is 0 Å². The smallest absolute Gasteiger partial charge is 0.374 e. The van der Waals surface area contributed by atoms with Gasteiger partial charge in [0.25, 0.3) is 0 Å². The first-order chi connectivity index (χ1) is 9.50. The Morgan fingerprint density at radius 1 is 1.35 bits per heavy atom. The number of anilines is 1. The summed E-state index contributed by atoms with van der Waals surface area (Å²) >= 11 is 2.58. The normalized spacial score (nSPS) is 11.6. The van der Waals surface area contributed by atoms with Gasteiger partial charge in [0.05, 0.1) is 10.6 Å². The molecule has 108 valence electrons. The molecule has 0 unspecified atom stereocenters. The number of pyridine rings is 1. The molecule has 0 saturated heterocycles. The Bertz CT molecular complexity index is 554. The minimum Gasteiger partial charge on any atom is -0.374 e. The molecule has 2 heterocycles. The van der Waals surface area contributed by atoms with Gasteiger partial charge in [-0.2, -0.15) is 13.2 Å². The van der Waals surface area contributed by atoms with Crippen molar-refractivity contribution in [2.45, 2.75) is 23.9 Å². The van der Waals surface area contributed by atoms with E-state index in [1.54, 1.807) is 0 Å². The van der Waals surface area contributed by atoms with Crippen LogP contribution in [0.3, 0.4) is 0 Å². The van der Waals surface area contributed by atoms with Crippen molar-refractivity contribution in [3.63, 3.8) is 0 Å². The van der Waals surface area contributed by atoms with E-state index >= 15 is 0 Å². The summed E-state index contributed by atoms with van der Waals surface area (Å²) in [6, 6.07) is 2.39. The second-order valence-corrected chi connectivity index (χ2v) is 5.50. The molecule has 0 bridgehead atoms. The minimum atomic E-state index is -4.35. The molecule has 0 radical (unpaired) electrons. The van der Waals surface area contributed by atoms with Crippen LogP contribution in [0.2, 0.25) is 0 Å². The van der Waals surface area contributed by atoms with Gasteiger partial charge >= 0.3 is 6.18 Å². The molecule has 2 aromatic rings. The van der Waals surface area contributed by atoms with E-state index < -0.39 is 11.7 Å². The summed E-state index contributed by atoms with van der Waals surface area (Å²) in [5.74, 6) is 0.511. The van der Waals surface area contributed by atoms with Crippen LogP contribution in [0.25, 0.3) is 0 Å². The quantitative estimate of drug-likeness (QED) is 0.852. The van der Waals surface area contributed by atoms with E-state index in [1.165, 1.54) is 29.4 Å². The maximum absolute atomic E-state index is 12.4. The van der Waals surface area contributed by atoms with Crippen molar-refractivity contribution in [3.8, 4) is 0 Å². The summed E-state index contributed by atoms with van der Waals surface area (Å²) in [5.41, 5.74) is 0.0362. The van der Waals surface area contributed by atoms with E-state index in [0.717, 1.165) is 29.5 Å². The van der Waals surface area contributed by atoms with Crippen molar-refractivity contribution in [2.75, 3.05) is 11.9 Å². The van der Waals surface area contributed by atoms with Crippen molar-refractivity contribution in [1.29, 1.82) is 0 Å². The molecule has 0 fully saturated rings. The average molecular weight is 320 g/mol. The summed E-state index contributed by atoms with van der Waals surface area (Å²) < 4.78 is 41.0. The molecule has 0 aliphatic carbocycles. The van der Waals surface area contributed by atoms with E-state index in [-0.39, 0.29) is 0 Å². The lowest BCUT2D eigenvalue weighted by molar-refractivity contribution is -0.137. The lowest BCUT2D eigenvalue weighted by Gasteiger charge is -2.06. The van der Waals surface area contributed by atoms with Crippen LogP contribution in [-0.2, 0) is 11.9 Å². The SMILES string of the molecule is CCNc1snnc1CSc1ccc(C(F)(F)F)cn1. The number of halogens is 3. The third kappa shape index (κ3) is 3.83. The lowest BCUT2D eigenvalue weighted by Crippen LogP contribution is -2.05. The van der Waals surface area contributed by atoms with Crippen LogP contribution in [0.1, 0.15) is 18.2 Å². The second-order valence-electron chi connectivity index (χ2n) is 3.75. The van der Waals surface area contributed by atoms with E-state index in [4.69, 9.17) is 0 Å². The zero-order valence-corrected chi connectivity index (χ0v) is 12.1. The van der Waals surface area contributed by atoms with Gasteiger partial charge in [-0.15, -0.1) is 5.10 Å². The van der Waals surface area contributed by atoms with E-state index in [1.807, 2.05) is 6.92 Å². The van der Waals surface area contributed by atoms with Crippen LogP contribution >= 0.6 is 23.3 Å². The Hall–Kier alpha value is -1.35. The molecule has 2 rings (SSSR count). The Labute approximate surface area is 122 Å². The van der Waals surface area contributed by atoms with E-state index in [9.17, 15) is 13.2 Å². The molecule has 1 N–H and O–H groups in total. The summed E-state index contributed by atoms with van der Waals surface area (Å²) in [7, 11) is 0. The van der Waals surface area contributed by atoms with Crippen LogP contribution in [0.5, 0.6) is 0 Å². The molecule has 0 atom stereocenters. The Morgan fingerprint density at radius 2 is 2.15 bits per heavy atom. The maximum atomic E-state index is 12.4. The Morgan fingerprint density at radius 3 is 2.75 bits per heavy atom. The fourth-order valence-electron chi connectivity index (χ4n) is 1.37. The van der Waals surface area contributed by atoms with Gasteiger partial charge in [-0.25, -0.2) is 4.98 Å². The molecule has 0 aliphatic heterocycles. The number of nitrogens with zero attached hydrogens (tertiary/aromatic N) is 3. The minimum absolute atomic E-state index is 0.511. The van der Waals surface area contributed by atoms with Crippen LogP contribution in [0.15, 0.2) is 23.4 Å². The lowest BCUT2D eigenvalue weighted by atomic mass is 10.3. The molecule has 4 nitrogen and oxygen atoms in total. The van der Waals surface area contributed by atoms with E-state index in [0.29, 0.717) is 10.8 Å². The standard InChI is InChI=1S/C11H11F3N4S2/c1-2-15-10-8(17-18-20-10)6-19-9-4-3-7(5-16-9)11(12,13)14/h3-5,15H,2,6H2,1H3. The maximum Gasteiger partial charge on any atom is 0.417 e. The highest BCUT2D eigenvalue weighted by Crippen LogP contribution is 2.31. The molecule has 0 saturated carbocycles. The zero-order chi connectivity index (χ0) is 14.6. The molecule has 9 heteroatoms. The molecule has 2 aromatic heterocycles. The molecule has 20 heavy (non-hydrogen) atoms. The molecular weight excluding hydrogens is 309 g/mol. The summed E-state index contributed by atoms with van der Waals surface area (Å²) in [6.07, 6.45) is -3.51. The monoisotopic (exact) mass is 320 g/mol. The number of aromatic nitrogens is 3. The molecular formula is C11H11F3N4S2. The average Bonchev–Trinajstić information content (AvgIpc) is 2.84. The number of rotatable bonds is 5. The van der Waals surface area contributed by atoms with Crippen molar-refractivity contribution in [3.05, 3.63) is 29.6 Å². The van der Waals surface area contributed by atoms with Crippen LogP contribution in [0.4, 0.5) is 18.2 Å². The predicted octanol–water partition coefficient (Wildman–Crippen LogP) is 3.68. The molecule has 0 aromatic carbocycles. The Balaban J connectivity index is 1.99. The first kappa shape index (κ1) is 15.0. The largest absolute Gasteiger partial charge is 0.417 e. The highest BCUT2D eigenvalue weighted by molar-refractivity contribution is 7.98. The summed E-state index contributed by atoms with van der Waals surface area (Å²) in [4.78, 5) is 3.80. The summed E-state index contributed by atoms with van der Waals surface area (Å²) in [5, 5.41) is 8.52. The van der Waals surface area contributed by atoms with Crippen LogP contribution in [-0.4, -0.2) is 21.1 Å². The van der Waals surface area contributed by atoms with Gasteiger partial charge < -0.3 is 5.32 Å². The molecule has 0 aliphatic rings. The Kier molecular flexibility index (Phi) is 4.81. The topological polar surface area (TPSA) is 50.7 Å². The van der Waals surface area contributed by atoms with Crippen LogP contribution in [0, 0.1) is 0 Å². The number of nitrogens with one attached hydrogen (secondary N) is 1. The highest BCUT2D eigenvalue weighted by Gasteiger charge is 2.30. The van der Waals surface area contributed by atoms with Gasteiger partial charge in [-0.05, 0) is 19.1 Å². The predicted molar refractivity (Wildman–Crippen MR) is 72.9 cm³/mol. The van der Waals surface area contributed by atoms with Crippen LogP contribution < -0.4 is 5.32 Å². The first-order valence-electron chi connectivity index (χ1n) is 5.72. The third-order valence-corrected chi connectivity index (χ3v) is 3.99. The fraction of sp³-hybridized carbons (Fsp3) is 0.364. The van der Waals surface area contributed by atoms with Gasteiger partial charge in [0.1, 0.15) is 10.7 Å². The van der Waals surface area contributed by atoms with Gasteiger partial charge in [0, 0.05) is 30.0 Å². The third-order valence-electron chi connectivity index (χ3n) is 2.31. The van der Waals surface area contributed by atoms with E-state index in [2.05, 4.69) is 19.9 Å². The van der Waals surface area contributed by atoms with Crippen molar-refractivity contribution in [1.82, 2.24) is 14.6 Å². The second kappa shape index (κ2) is 6.40. The van der Waals surface area contributed by atoms with Crippen molar-refractivity contribution >= 4 is 28.3 Å². The number of hydrogen-bond donors (Lipinski definition) is 1. The number of thioether (sulfide) groups is 1. The van der Waals surface area contributed by atoms with Crippen molar-refractivity contribution in [2.24, 2.45) is 0 Å².